The molecule has 1 rings (SSSR count). The van der Waals surface area contributed by atoms with Crippen LogP contribution in [0.5, 0.6) is 0 Å². The summed E-state index contributed by atoms with van der Waals surface area (Å²) < 4.78 is 37.3. The van der Waals surface area contributed by atoms with Gasteiger partial charge in [-0.1, -0.05) is 6.92 Å². The van der Waals surface area contributed by atoms with Crippen molar-refractivity contribution < 1.29 is 64.3 Å². The molecule has 18 heavy (non-hydrogen) atoms. The van der Waals surface area contributed by atoms with Gasteiger partial charge in [0.1, 0.15) is 0 Å². The average molecular weight is 288 g/mol. The van der Waals surface area contributed by atoms with Gasteiger partial charge < -0.3 is 22.7 Å². The van der Waals surface area contributed by atoms with E-state index in [0.717, 1.165) is 32.5 Å². The second kappa shape index (κ2) is 8.44. The Kier molecular flexibility index (Phi) is 8.98. The molecule has 0 N–H and O–H groups in total. The molecule has 2 nitrogen and oxygen atoms in total. The number of likely N-dealkylation sites (N-methyl/N-ethyl adjacent to an activating group) is 1. The number of hydrogen-bond donors (Lipinski definition) is 0. The van der Waals surface area contributed by atoms with Gasteiger partial charge in [-0.15, -0.1) is 12.1 Å². The fourth-order valence-electron chi connectivity index (χ4n) is 2.23. The van der Waals surface area contributed by atoms with Gasteiger partial charge in [0.25, 0.3) is 0 Å². The molecule has 0 radical (unpaired) electrons. The van der Waals surface area contributed by atoms with Crippen molar-refractivity contribution in [3.63, 3.8) is 0 Å². The Morgan fingerprint density at radius 3 is 2.22 bits per heavy atom. The molecule has 0 atom stereocenters. The Hall–Kier alpha value is 1.15. The largest absolute Gasteiger partial charge is 1.00 e. The van der Waals surface area contributed by atoms with Gasteiger partial charge in [0, 0.05) is 6.04 Å². The number of rotatable bonds is 5. The molecule has 0 aromatic carbocycles. The molecular formula is C11H21BF3KN2. The summed E-state index contributed by atoms with van der Waals surface area (Å²) in [6, 6.07) is 0.257. The zero-order valence-electron chi connectivity index (χ0n) is 11.6. The predicted molar refractivity (Wildman–Crippen MR) is 66.0 cm³/mol. The minimum absolute atomic E-state index is 0. The molecule has 1 fully saturated rings. The number of likely N-dealkylation sites (tertiary alicyclic amines) is 1. The molecule has 1 saturated heterocycles. The molecule has 0 aromatic rings. The van der Waals surface area contributed by atoms with Gasteiger partial charge in [0.2, 0.25) is 0 Å². The van der Waals surface area contributed by atoms with E-state index in [1.807, 2.05) is 0 Å². The van der Waals surface area contributed by atoms with E-state index in [0.29, 0.717) is 0 Å². The van der Waals surface area contributed by atoms with Crippen molar-refractivity contribution in [1.82, 2.24) is 9.80 Å². The molecule has 0 saturated carbocycles. The molecule has 1 heterocycles. The van der Waals surface area contributed by atoms with E-state index in [4.69, 9.17) is 0 Å². The molecule has 1 aliphatic rings. The summed E-state index contributed by atoms with van der Waals surface area (Å²) in [5.41, 5.74) is -0.592. The summed E-state index contributed by atoms with van der Waals surface area (Å²) >= 11 is 0. The first-order chi connectivity index (χ1) is 7.84. The molecular weight excluding hydrogens is 267 g/mol. The smallest absolute Gasteiger partial charge is 0.445 e. The third-order valence-electron chi connectivity index (χ3n) is 3.54. The van der Waals surface area contributed by atoms with Gasteiger partial charge in [0.15, 0.2) is 0 Å². The average Bonchev–Trinajstić information content (AvgIpc) is 2.27. The molecule has 0 amide bonds. The van der Waals surface area contributed by atoms with Crippen molar-refractivity contribution >= 4 is 6.98 Å². The van der Waals surface area contributed by atoms with E-state index in [1.54, 1.807) is 11.9 Å². The van der Waals surface area contributed by atoms with Crippen molar-refractivity contribution in [3.8, 4) is 0 Å². The van der Waals surface area contributed by atoms with Crippen molar-refractivity contribution in [2.45, 2.75) is 25.8 Å². The molecule has 0 bridgehead atoms. The quantitative estimate of drug-likeness (QED) is 0.620. The van der Waals surface area contributed by atoms with Crippen LogP contribution in [0.3, 0.4) is 0 Å². The Labute approximate surface area is 150 Å². The van der Waals surface area contributed by atoms with Crippen LogP contribution in [-0.2, 0) is 0 Å². The van der Waals surface area contributed by atoms with E-state index < -0.39 is 12.4 Å². The van der Waals surface area contributed by atoms with Crippen LogP contribution in [0, 0.1) is 0 Å². The summed E-state index contributed by atoms with van der Waals surface area (Å²) in [5, 5.41) is 0. The van der Waals surface area contributed by atoms with Gasteiger partial charge in [-0.3, -0.25) is 0 Å². The summed E-state index contributed by atoms with van der Waals surface area (Å²) in [4.78, 5) is 4.12. The second-order valence-electron chi connectivity index (χ2n) is 4.81. The summed E-state index contributed by atoms with van der Waals surface area (Å²) in [7, 11) is 1.76. The fraction of sp³-hybridized carbons (Fsp3) is 0.818. The van der Waals surface area contributed by atoms with E-state index in [-0.39, 0.29) is 64.0 Å². The maximum atomic E-state index is 12.4. The Morgan fingerprint density at radius 2 is 1.83 bits per heavy atom. The standard InChI is InChI=1S/C11H21BF3N2.K/c1-4-17-7-5-11(6-8-17)16(3)9-10(2)12(13,14)15;/h11H,2,4-9H2,1,3H3;/q-1;+1. The molecule has 0 unspecified atom stereocenters. The zero-order chi connectivity index (χ0) is 13.1. The van der Waals surface area contributed by atoms with Crippen molar-refractivity contribution in [2.75, 3.05) is 33.2 Å². The monoisotopic (exact) mass is 288 g/mol. The van der Waals surface area contributed by atoms with Gasteiger partial charge in [0.05, 0.1) is 0 Å². The number of halogens is 3. The fourth-order valence-corrected chi connectivity index (χ4v) is 2.23. The maximum Gasteiger partial charge on any atom is 1.00 e. The number of nitrogens with zero attached hydrogens (tertiary/aromatic N) is 2. The zero-order valence-corrected chi connectivity index (χ0v) is 14.8. The van der Waals surface area contributed by atoms with Crippen LogP contribution in [0.2, 0.25) is 0 Å². The van der Waals surface area contributed by atoms with E-state index in [9.17, 15) is 12.9 Å². The van der Waals surface area contributed by atoms with Crippen LogP contribution < -0.4 is 51.4 Å². The Balaban J connectivity index is 0.00000289. The van der Waals surface area contributed by atoms with Crippen LogP contribution in [0.25, 0.3) is 0 Å². The van der Waals surface area contributed by atoms with Crippen LogP contribution in [-0.4, -0.2) is 56.0 Å². The van der Waals surface area contributed by atoms with E-state index >= 15 is 0 Å². The predicted octanol–water partition coefficient (Wildman–Crippen LogP) is -0.651. The van der Waals surface area contributed by atoms with Crippen molar-refractivity contribution in [1.29, 1.82) is 0 Å². The van der Waals surface area contributed by atoms with Crippen molar-refractivity contribution in [3.05, 3.63) is 12.1 Å². The first-order valence-electron chi connectivity index (χ1n) is 6.14. The molecule has 0 aromatic heterocycles. The maximum absolute atomic E-state index is 12.4. The van der Waals surface area contributed by atoms with E-state index in [2.05, 4.69) is 18.4 Å². The van der Waals surface area contributed by atoms with Gasteiger partial charge in [-0.05, 0) is 46.1 Å². The molecule has 100 valence electrons. The SMILES string of the molecule is C=C(CN(C)C1CCN(CC)CC1)[B-](F)(F)F.[K+]. The second-order valence-corrected chi connectivity index (χ2v) is 4.81. The molecule has 1 aliphatic heterocycles. The first-order valence-corrected chi connectivity index (χ1v) is 6.14. The molecule has 0 aliphatic carbocycles. The minimum atomic E-state index is -4.89. The summed E-state index contributed by atoms with van der Waals surface area (Å²) in [5.74, 6) is 0. The number of hydrogen-bond acceptors (Lipinski definition) is 2. The van der Waals surface area contributed by atoms with Gasteiger partial charge in [-0.2, -0.15) is 0 Å². The number of piperidine rings is 1. The van der Waals surface area contributed by atoms with Gasteiger partial charge >= 0.3 is 58.4 Å². The van der Waals surface area contributed by atoms with Crippen LogP contribution >= 0.6 is 0 Å². The van der Waals surface area contributed by atoms with Gasteiger partial charge in [-0.25, -0.2) is 0 Å². The Bertz CT molecular complexity index is 266. The van der Waals surface area contributed by atoms with Crippen LogP contribution in [0.1, 0.15) is 19.8 Å². The van der Waals surface area contributed by atoms with E-state index in [1.165, 1.54) is 0 Å². The first kappa shape index (κ1) is 19.2. The Morgan fingerprint density at radius 1 is 1.33 bits per heavy atom. The molecule has 0 spiro atoms. The molecule has 7 heteroatoms. The summed E-state index contributed by atoms with van der Waals surface area (Å²) in [6.07, 6.45) is 1.89. The minimum Gasteiger partial charge on any atom is -0.445 e. The third-order valence-corrected chi connectivity index (χ3v) is 3.54. The van der Waals surface area contributed by atoms with Crippen LogP contribution in [0.15, 0.2) is 12.1 Å². The summed E-state index contributed by atoms with van der Waals surface area (Å²) in [6.45, 7) is 3.29. The third kappa shape index (κ3) is 6.07. The van der Waals surface area contributed by atoms with Crippen molar-refractivity contribution in [2.24, 2.45) is 0 Å². The topological polar surface area (TPSA) is 6.48 Å². The normalized spacial score (nSPS) is 18.8. The van der Waals surface area contributed by atoms with Crippen LogP contribution in [0.4, 0.5) is 12.9 Å².